The first-order chi connectivity index (χ1) is 7.59. The summed E-state index contributed by atoms with van der Waals surface area (Å²) in [6.07, 6.45) is 5.92. The van der Waals surface area contributed by atoms with E-state index in [0.29, 0.717) is 5.56 Å². The molecule has 1 N–H and O–H groups in total. The lowest BCUT2D eigenvalue weighted by atomic mass is 10.0. The van der Waals surface area contributed by atoms with Crippen molar-refractivity contribution in [2.75, 3.05) is 0 Å². The van der Waals surface area contributed by atoms with Crippen molar-refractivity contribution >= 4 is 5.97 Å². The number of nitrogens with zero attached hydrogens (tertiary/aromatic N) is 1. The van der Waals surface area contributed by atoms with Crippen molar-refractivity contribution in [3.8, 4) is 0 Å². The van der Waals surface area contributed by atoms with E-state index in [4.69, 9.17) is 5.11 Å². The lowest BCUT2D eigenvalue weighted by Crippen LogP contribution is -1.99. The van der Waals surface area contributed by atoms with Crippen LogP contribution in [-0.2, 0) is 6.42 Å². The zero-order valence-corrected chi connectivity index (χ0v) is 9.94. The van der Waals surface area contributed by atoms with Crippen LogP contribution in [0, 0.1) is 5.92 Å². The molecule has 0 saturated heterocycles. The minimum absolute atomic E-state index is 0.328. The predicted molar refractivity (Wildman–Crippen MR) is 63.6 cm³/mol. The molecule has 0 amide bonds. The van der Waals surface area contributed by atoms with Crippen LogP contribution in [0.4, 0.5) is 0 Å². The van der Waals surface area contributed by atoms with Gasteiger partial charge in [0.25, 0.3) is 0 Å². The number of carboxylic acid groups (broad SMARTS) is 1. The van der Waals surface area contributed by atoms with Gasteiger partial charge in [-0.05, 0) is 30.9 Å². The first-order valence-electron chi connectivity index (χ1n) is 5.78. The van der Waals surface area contributed by atoms with Crippen molar-refractivity contribution < 1.29 is 9.90 Å². The maximum Gasteiger partial charge on any atom is 0.335 e. The number of rotatable bonds is 6. The Labute approximate surface area is 96.5 Å². The Hall–Kier alpha value is -1.38. The minimum atomic E-state index is -0.883. The van der Waals surface area contributed by atoms with Crippen LogP contribution >= 0.6 is 0 Å². The zero-order valence-electron chi connectivity index (χ0n) is 9.94. The smallest absolute Gasteiger partial charge is 0.335 e. The van der Waals surface area contributed by atoms with Crippen LogP contribution in [0.1, 0.15) is 49.2 Å². The van der Waals surface area contributed by atoms with Crippen LogP contribution in [0.3, 0.4) is 0 Å². The summed E-state index contributed by atoms with van der Waals surface area (Å²) < 4.78 is 0. The van der Waals surface area contributed by atoms with Crippen molar-refractivity contribution in [2.24, 2.45) is 5.92 Å². The molecular formula is C13H19NO2. The highest BCUT2D eigenvalue weighted by Gasteiger charge is 2.04. The Kier molecular flexibility index (Phi) is 4.96. The molecule has 0 radical (unpaired) electrons. The maximum atomic E-state index is 10.7. The number of hydrogen-bond acceptors (Lipinski definition) is 2. The third-order valence-electron chi connectivity index (χ3n) is 2.53. The standard InChI is InChI=1S/C13H19NO2/c1-10(2)5-3-4-6-12-9-11(13(15)16)7-8-14-12/h7-10H,3-6H2,1-2H3,(H,15,16). The molecule has 0 spiro atoms. The zero-order chi connectivity index (χ0) is 12.0. The third-order valence-corrected chi connectivity index (χ3v) is 2.53. The second-order valence-corrected chi connectivity index (χ2v) is 4.48. The fourth-order valence-electron chi connectivity index (χ4n) is 1.61. The van der Waals surface area contributed by atoms with Crippen molar-refractivity contribution in [3.05, 3.63) is 29.6 Å². The van der Waals surface area contributed by atoms with Gasteiger partial charge in [-0.1, -0.05) is 26.7 Å². The summed E-state index contributed by atoms with van der Waals surface area (Å²) in [5, 5.41) is 8.83. The molecule has 3 heteroatoms. The Morgan fingerprint density at radius 2 is 2.19 bits per heavy atom. The van der Waals surface area contributed by atoms with E-state index in [0.717, 1.165) is 24.5 Å². The Balaban J connectivity index is 2.42. The molecule has 1 aromatic rings. The summed E-state index contributed by atoms with van der Waals surface area (Å²) in [4.78, 5) is 14.9. The SMILES string of the molecule is CC(C)CCCCc1cc(C(=O)O)ccn1. The van der Waals surface area contributed by atoms with E-state index in [1.54, 1.807) is 12.3 Å². The van der Waals surface area contributed by atoms with E-state index in [1.807, 2.05) is 0 Å². The summed E-state index contributed by atoms with van der Waals surface area (Å²) in [6.45, 7) is 4.42. The molecule has 88 valence electrons. The number of carboxylic acids is 1. The summed E-state index contributed by atoms with van der Waals surface area (Å²) in [5.74, 6) is -0.149. The molecular weight excluding hydrogens is 202 g/mol. The normalized spacial score (nSPS) is 10.7. The van der Waals surface area contributed by atoms with Crippen molar-refractivity contribution in [1.82, 2.24) is 4.98 Å². The number of unbranched alkanes of at least 4 members (excludes halogenated alkanes) is 1. The quantitative estimate of drug-likeness (QED) is 0.751. The lowest BCUT2D eigenvalue weighted by Gasteiger charge is -2.04. The molecule has 0 aliphatic rings. The topological polar surface area (TPSA) is 50.2 Å². The van der Waals surface area contributed by atoms with Crippen LogP contribution in [-0.4, -0.2) is 16.1 Å². The van der Waals surface area contributed by atoms with Gasteiger partial charge in [0, 0.05) is 11.9 Å². The maximum absolute atomic E-state index is 10.7. The van der Waals surface area contributed by atoms with Crippen LogP contribution in [0.2, 0.25) is 0 Å². The van der Waals surface area contributed by atoms with Crippen LogP contribution in [0.15, 0.2) is 18.3 Å². The number of carbonyl (C=O) groups is 1. The predicted octanol–water partition coefficient (Wildman–Crippen LogP) is 3.15. The van der Waals surface area contributed by atoms with Gasteiger partial charge in [-0.15, -0.1) is 0 Å². The van der Waals surface area contributed by atoms with E-state index in [1.165, 1.54) is 18.9 Å². The van der Waals surface area contributed by atoms with E-state index in [-0.39, 0.29) is 0 Å². The first-order valence-corrected chi connectivity index (χ1v) is 5.78. The number of aryl methyl sites for hydroxylation is 1. The average molecular weight is 221 g/mol. The Morgan fingerprint density at radius 1 is 1.44 bits per heavy atom. The molecule has 0 unspecified atom stereocenters. The van der Waals surface area contributed by atoms with E-state index in [9.17, 15) is 4.79 Å². The van der Waals surface area contributed by atoms with Crippen LogP contribution < -0.4 is 0 Å². The molecule has 0 aromatic carbocycles. The van der Waals surface area contributed by atoms with Crippen molar-refractivity contribution in [3.63, 3.8) is 0 Å². The summed E-state index contributed by atoms with van der Waals surface area (Å²) >= 11 is 0. The Bertz CT molecular complexity index is 348. The molecule has 3 nitrogen and oxygen atoms in total. The molecule has 0 saturated carbocycles. The molecule has 16 heavy (non-hydrogen) atoms. The van der Waals surface area contributed by atoms with Gasteiger partial charge in [-0.3, -0.25) is 4.98 Å². The van der Waals surface area contributed by atoms with Gasteiger partial charge >= 0.3 is 5.97 Å². The van der Waals surface area contributed by atoms with Crippen LogP contribution in [0.25, 0.3) is 0 Å². The highest BCUT2D eigenvalue weighted by atomic mass is 16.4. The van der Waals surface area contributed by atoms with Crippen molar-refractivity contribution in [1.29, 1.82) is 0 Å². The first kappa shape index (κ1) is 12.7. The van der Waals surface area contributed by atoms with Gasteiger partial charge in [-0.25, -0.2) is 4.79 Å². The minimum Gasteiger partial charge on any atom is -0.478 e. The highest BCUT2D eigenvalue weighted by molar-refractivity contribution is 5.87. The number of aromatic carboxylic acids is 1. The van der Waals surface area contributed by atoms with Gasteiger partial charge in [0.1, 0.15) is 0 Å². The highest BCUT2D eigenvalue weighted by Crippen LogP contribution is 2.10. The molecule has 1 rings (SSSR count). The second-order valence-electron chi connectivity index (χ2n) is 4.48. The largest absolute Gasteiger partial charge is 0.478 e. The molecule has 0 aliphatic carbocycles. The number of hydrogen-bond donors (Lipinski definition) is 1. The van der Waals surface area contributed by atoms with Gasteiger partial charge in [-0.2, -0.15) is 0 Å². The molecule has 0 fully saturated rings. The fraction of sp³-hybridized carbons (Fsp3) is 0.538. The summed E-state index contributed by atoms with van der Waals surface area (Å²) in [6, 6.07) is 3.19. The molecule has 1 heterocycles. The van der Waals surface area contributed by atoms with Crippen molar-refractivity contribution in [2.45, 2.75) is 39.5 Å². The monoisotopic (exact) mass is 221 g/mol. The molecule has 1 aromatic heterocycles. The summed E-state index contributed by atoms with van der Waals surface area (Å²) in [5.41, 5.74) is 1.21. The van der Waals surface area contributed by atoms with E-state index < -0.39 is 5.97 Å². The molecule has 0 aliphatic heterocycles. The fourth-order valence-corrected chi connectivity index (χ4v) is 1.61. The summed E-state index contributed by atoms with van der Waals surface area (Å²) in [7, 11) is 0. The third kappa shape index (κ3) is 4.43. The molecule has 0 atom stereocenters. The number of aromatic nitrogens is 1. The second kappa shape index (κ2) is 6.26. The van der Waals surface area contributed by atoms with Crippen LogP contribution in [0.5, 0.6) is 0 Å². The Morgan fingerprint density at radius 3 is 2.81 bits per heavy atom. The van der Waals surface area contributed by atoms with E-state index >= 15 is 0 Å². The number of pyridine rings is 1. The molecule has 0 bridgehead atoms. The van der Waals surface area contributed by atoms with Gasteiger partial charge in [0.15, 0.2) is 0 Å². The average Bonchev–Trinajstić information content (AvgIpc) is 2.24. The van der Waals surface area contributed by atoms with Gasteiger partial charge < -0.3 is 5.11 Å². The van der Waals surface area contributed by atoms with Gasteiger partial charge in [0.05, 0.1) is 5.56 Å². The van der Waals surface area contributed by atoms with Gasteiger partial charge in [0.2, 0.25) is 0 Å². The van der Waals surface area contributed by atoms with E-state index in [2.05, 4.69) is 18.8 Å². The lowest BCUT2D eigenvalue weighted by molar-refractivity contribution is 0.0696.